The third-order valence-electron chi connectivity index (χ3n) is 2.68. The zero-order valence-corrected chi connectivity index (χ0v) is 11.1. The minimum absolute atomic E-state index is 0.0427. The van der Waals surface area contributed by atoms with Gasteiger partial charge in [0.1, 0.15) is 5.82 Å². The van der Waals surface area contributed by atoms with Gasteiger partial charge in [0.15, 0.2) is 0 Å². The largest absolute Gasteiger partial charge is 0.416 e. The van der Waals surface area contributed by atoms with Gasteiger partial charge in [-0.2, -0.15) is 13.2 Å². The number of halogens is 4. The fourth-order valence-electron chi connectivity index (χ4n) is 1.63. The Hall–Kier alpha value is -1.69. The van der Waals surface area contributed by atoms with Crippen LogP contribution in [-0.4, -0.2) is 0 Å². The van der Waals surface area contributed by atoms with E-state index in [1.807, 2.05) is 0 Å². The minimum atomic E-state index is -4.41. The molecule has 0 aliphatic carbocycles. The van der Waals surface area contributed by atoms with Gasteiger partial charge < -0.3 is 5.73 Å². The van der Waals surface area contributed by atoms with Crippen LogP contribution >= 0.6 is 11.8 Å². The van der Waals surface area contributed by atoms with Gasteiger partial charge in [0, 0.05) is 16.3 Å². The summed E-state index contributed by atoms with van der Waals surface area (Å²) in [5.74, 6) is -0.0344. The predicted octanol–water partition coefficient (Wildman–Crippen LogP) is 4.72. The van der Waals surface area contributed by atoms with Crippen LogP contribution in [-0.2, 0) is 11.9 Å². The van der Waals surface area contributed by atoms with Gasteiger partial charge in [-0.1, -0.05) is 18.2 Å². The number of anilines is 1. The molecule has 0 bridgehead atoms. The standard InChI is InChI=1S/C14H11F4NS/c15-11-4-2-1-3-9(11)8-20-13-6-5-10(7-12(13)19)14(16,17)18/h1-7H,8,19H2. The first-order chi connectivity index (χ1) is 9.38. The molecule has 0 spiro atoms. The summed E-state index contributed by atoms with van der Waals surface area (Å²) in [5.41, 5.74) is 5.34. The second-order valence-electron chi connectivity index (χ2n) is 4.13. The first kappa shape index (κ1) is 14.7. The molecule has 0 aromatic heterocycles. The summed E-state index contributed by atoms with van der Waals surface area (Å²) in [6.45, 7) is 0. The monoisotopic (exact) mass is 301 g/mol. The first-order valence-corrected chi connectivity index (χ1v) is 6.69. The van der Waals surface area contributed by atoms with E-state index in [2.05, 4.69) is 0 Å². The average molecular weight is 301 g/mol. The zero-order valence-electron chi connectivity index (χ0n) is 10.2. The fourth-order valence-corrected chi connectivity index (χ4v) is 2.56. The summed E-state index contributed by atoms with van der Waals surface area (Å²) in [4.78, 5) is 0.501. The van der Waals surface area contributed by atoms with E-state index in [9.17, 15) is 17.6 Å². The lowest BCUT2D eigenvalue weighted by molar-refractivity contribution is -0.137. The molecule has 0 radical (unpaired) electrons. The Morgan fingerprint density at radius 2 is 1.75 bits per heavy atom. The molecule has 2 N–H and O–H groups in total. The van der Waals surface area contributed by atoms with Gasteiger partial charge in [0.05, 0.1) is 5.56 Å². The topological polar surface area (TPSA) is 26.0 Å². The molecule has 0 aliphatic rings. The number of hydrogen-bond donors (Lipinski definition) is 1. The Bertz CT molecular complexity index is 610. The minimum Gasteiger partial charge on any atom is -0.398 e. The van der Waals surface area contributed by atoms with Crippen molar-refractivity contribution in [3.63, 3.8) is 0 Å². The van der Waals surface area contributed by atoms with Crippen molar-refractivity contribution in [1.82, 2.24) is 0 Å². The Morgan fingerprint density at radius 3 is 2.35 bits per heavy atom. The highest BCUT2D eigenvalue weighted by Crippen LogP contribution is 2.35. The molecule has 20 heavy (non-hydrogen) atoms. The van der Waals surface area contributed by atoms with Crippen molar-refractivity contribution in [3.8, 4) is 0 Å². The molecule has 0 saturated carbocycles. The average Bonchev–Trinajstić information content (AvgIpc) is 2.38. The van der Waals surface area contributed by atoms with Gasteiger partial charge in [-0.15, -0.1) is 11.8 Å². The van der Waals surface area contributed by atoms with E-state index in [-0.39, 0.29) is 11.5 Å². The molecular weight excluding hydrogens is 290 g/mol. The van der Waals surface area contributed by atoms with Crippen LogP contribution in [0.15, 0.2) is 47.4 Å². The van der Waals surface area contributed by atoms with Gasteiger partial charge in [0.2, 0.25) is 0 Å². The highest BCUT2D eigenvalue weighted by Gasteiger charge is 2.30. The smallest absolute Gasteiger partial charge is 0.398 e. The SMILES string of the molecule is Nc1cc(C(F)(F)F)ccc1SCc1ccccc1F. The van der Waals surface area contributed by atoms with Crippen LogP contribution in [0.25, 0.3) is 0 Å². The highest BCUT2D eigenvalue weighted by molar-refractivity contribution is 7.98. The van der Waals surface area contributed by atoms with Gasteiger partial charge in [0.25, 0.3) is 0 Å². The molecule has 0 atom stereocenters. The Morgan fingerprint density at radius 1 is 1.05 bits per heavy atom. The molecular formula is C14H11F4NS. The second-order valence-corrected chi connectivity index (χ2v) is 5.15. The Kier molecular flexibility index (Phi) is 4.23. The molecule has 0 saturated heterocycles. The van der Waals surface area contributed by atoms with Crippen molar-refractivity contribution in [1.29, 1.82) is 0 Å². The third-order valence-corrected chi connectivity index (χ3v) is 3.82. The molecule has 0 unspecified atom stereocenters. The molecule has 0 amide bonds. The van der Waals surface area contributed by atoms with E-state index in [0.29, 0.717) is 16.2 Å². The van der Waals surface area contributed by atoms with Crippen molar-refractivity contribution in [2.45, 2.75) is 16.8 Å². The molecule has 2 aromatic rings. The molecule has 106 valence electrons. The second kappa shape index (κ2) is 5.75. The molecule has 2 rings (SSSR count). The van der Waals surface area contributed by atoms with E-state index < -0.39 is 11.7 Å². The molecule has 6 heteroatoms. The summed E-state index contributed by atoms with van der Waals surface area (Å²) in [6.07, 6.45) is -4.41. The number of alkyl halides is 3. The van der Waals surface area contributed by atoms with Gasteiger partial charge in [-0.3, -0.25) is 0 Å². The highest BCUT2D eigenvalue weighted by atomic mass is 32.2. The fraction of sp³-hybridized carbons (Fsp3) is 0.143. The van der Waals surface area contributed by atoms with Crippen molar-refractivity contribution in [2.24, 2.45) is 0 Å². The van der Waals surface area contributed by atoms with Gasteiger partial charge in [-0.05, 0) is 29.8 Å². The van der Waals surface area contributed by atoms with Crippen LogP contribution in [0.2, 0.25) is 0 Å². The number of thioether (sulfide) groups is 1. The number of rotatable bonds is 3. The quantitative estimate of drug-likeness (QED) is 0.504. The Labute approximate surface area is 117 Å². The van der Waals surface area contributed by atoms with Crippen LogP contribution in [0.4, 0.5) is 23.2 Å². The van der Waals surface area contributed by atoms with Crippen molar-refractivity contribution in [2.75, 3.05) is 5.73 Å². The maximum Gasteiger partial charge on any atom is 0.416 e. The lowest BCUT2D eigenvalue weighted by atomic mass is 10.2. The maximum absolute atomic E-state index is 13.4. The molecule has 1 nitrogen and oxygen atoms in total. The summed E-state index contributed by atoms with van der Waals surface area (Å²) in [7, 11) is 0. The molecule has 0 heterocycles. The van der Waals surface area contributed by atoms with E-state index in [1.165, 1.54) is 23.9 Å². The number of benzene rings is 2. The van der Waals surface area contributed by atoms with Crippen molar-refractivity contribution >= 4 is 17.4 Å². The third kappa shape index (κ3) is 3.45. The van der Waals surface area contributed by atoms with E-state index in [1.54, 1.807) is 18.2 Å². The van der Waals surface area contributed by atoms with Crippen LogP contribution in [0.1, 0.15) is 11.1 Å². The molecule has 0 aliphatic heterocycles. The van der Waals surface area contributed by atoms with Gasteiger partial charge >= 0.3 is 6.18 Å². The zero-order chi connectivity index (χ0) is 14.8. The summed E-state index contributed by atoms with van der Waals surface area (Å²) in [5, 5.41) is 0. The normalized spacial score (nSPS) is 11.6. The van der Waals surface area contributed by atoms with E-state index in [0.717, 1.165) is 12.1 Å². The predicted molar refractivity (Wildman–Crippen MR) is 71.8 cm³/mol. The number of nitrogens with two attached hydrogens (primary N) is 1. The van der Waals surface area contributed by atoms with E-state index >= 15 is 0 Å². The summed E-state index contributed by atoms with van der Waals surface area (Å²) in [6, 6.07) is 9.42. The van der Waals surface area contributed by atoms with Gasteiger partial charge in [-0.25, -0.2) is 4.39 Å². The molecule has 0 fully saturated rings. The number of hydrogen-bond acceptors (Lipinski definition) is 2. The van der Waals surface area contributed by atoms with Crippen LogP contribution in [0.5, 0.6) is 0 Å². The number of nitrogen functional groups attached to an aromatic ring is 1. The molecule has 2 aromatic carbocycles. The van der Waals surface area contributed by atoms with E-state index in [4.69, 9.17) is 5.73 Å². The van der Waals surface area contributed by atoms with Crippen LogP contribution < -0.4 is 5.73 Å². The van der Waals surface area contributed by atoms with Crippen molar-refractivity contribution < 1.29 is 17.6 Å². The first-order valence-electron chi connectivity index (χ1n) is 5.71. The lowest BCUT2D eigenvalue weighted by Crippen LogP contribution is -2.05. The van der Waals surface area contributed by atoms with Crippen LogP contribution in [0.3, 0.4) is 0 Å². The summed E-state index contributed by atoms with van der Waals surface area (Å²) >= 11 is 1.20. The maximum atomic E-state index is 13.4. The summed E-state index contributed by atoms with van der Waals surface area (Å²) < 4.78 is 50.9. The Balaban J connectivity index is 2.13. The van der Waals surface area contributed by atoms with Crippen LogP contribution in [0, 0.1) is 5.82 Å². The van der Waals surface area contributed by atoms with Crippen molar-refractivity contribution in [3.05, 3.63) is 59.4 Å². The lowest BCUT2D eigenvalue weighted by Gasteiger charge is -2.10.